The maximum absolute atomic E-state index is 12.9. The first-order valence-electron chi connectivity index (χ1n) is 10.2. The van der Waals surface area contributed by atoms with Gasteiger partial charge in [-0.15, -0.1) is 0 Å². The van der Waals surface area contributed by atoms with Gasteiger partial charge in [0, 0.05) is 10.9 Å². The number of carbonyl (C=O) groups excluding carboxylic acids is 2. The van der Waals surface area contributed by atoms with Crippen LogP contribution in [0.3, 0.4) is 0 Å². The summed E-state index contributed by atoms with van der Waals surface area (Å²) in [6, 6.07) is 16.2. The van der Waals surface area contributed by atoms with Crippen molar-refractivity contribution in [1.82, 2.24) is 20.4 Å². The van der Waals surface area contributed by atoms with E-state index in [0.29, 0.717) is 16.6 Å². The van der Waals surface area contributed by atoms with Gasteiger partial charge in [-0.05, 0) is 31.0 Å². The van der Waals surface area contributed by atoms with Crippen molar-refractivity contribution in [3.05, 3.63) is 76.2 Å². The van der Waals surface area contributed by atoms with Gasteiger partial charge in [0.05, 0.1) is 30.2 Å². The molecule has 1 fully saturated rings. The molecule has 0 atom stereocenters. The zero-order valence-corrected chi connectivity index (χ0v) is 16.6. The van der Waals surface area contributed by atoms with Gasteiger partial charge in [0.15, 0.2) is 0 Å². The van der Waals surface area contributed by atoms with E-state index in [-0.39, 0.29) is 36.5 Å². The first-order chi connectivity index (χ1) is 14.6. The molecular weight excluding hydrogens is 380 g/mol. The smallest absolute Gasteiger partial charge is 0.274 e. The number of nitrogens with one attached hydrogen (secondary N) is 2. The number of benzene rings is 2. The summed E-state index contributed by atoms with van der Waals surface area (Å²) in [5.74, 6) is -0.618. The van der Waals surface area contributed by atoms with Crippen LogP contribution in [0.2, 0.25) is 0 Å². The molecule has 0 saturated heterocycles. The Hall–Kier alpha value is -3.48. The quantitative estimate of drug-likeness (QED) is 0.660. The van der Waals surface area contributed by atoms with Gasteiger partial charge in [0.1, 0.15) is 0 Å². The van der Waals surface area contributed by atoms with Crippen molar-refractivity contribution < 1.29 is 9.59 Å². The minimum Gasteiger partial charge on any atom is -0.349 e. The Bertz CT molecular complexity index is 1120. The van der Waals surface area contributed by atoms with Crippen LogP contribution >= 0.6 is 0 Å². The predicted octanol–water partition coefficient (Wildman–Crippen LogP) is 2.56. The van der Waals surface area contributed by atoms with Crippen LogP contribution in [0, 0.1) is 0 Å². The molecule has 30 heavy (non-hydrogen) atoms. The van der Waals surface area contributed by atoms with Gasteiger partial charge in [0.25, 0.3) is 11.5 Å². The van der Waals surface area contributed by atoms with Crippen LogP contribution in [-0.4, -0.2) is 28.1 Å². The first kappa shape index (κ1) is 19.8. The standard InChI is InChI=1S/C23H24N4O3/c28-21(15-25-22(29)16-8-2-1-3-9-16)24-14-20-18-12-6-7-13-19(18)23(30)27(26-20)17-10-4-5-11-17/h1-3,6-9,12-13,17H,4-5,10-11,14-15H2,(H,24,28)(H,25,29). The monoisotopic (exact) mass is 404 g/mol. The number of fused-ring (bicyclic) bond motifs is 1. The first-order valence-corrected chi connectivity index (χ1v) is 10.2. The molecule has 1 saturated carbocycles. The lowest BCUT2D eigenvalue weighted by molar-refractivity contribution is -0.120. The topological polar surface area (TPSA) is 93.1 Å². The van der Waals surface area contributed by atoms with Crippen LogP contribution in [0.15, 0.2) is 59.4 Å². The molecule has 1 aliphatic carbocycles. The fraction of sp³-hybridized carbons (Fsp3) is 0.304. The summed E-state index contributed by atoms with van der Waals surface area (Å²) >= 11 is 0. The van der Waals surface area contributed by atoms with Crippen molar-refractivity contribution >= 4 is 22.6 Å². The molecule has 7 heteroatoms. The number of aromatic nitrogens is 2. The average Bonchev–Trinajstić information content (AvgIpc) is 3.32. The third kappa shape index (κ3) is 4.25. The van der Waals surface area contributed by atoms with Crippen molar-refractivity contribution in [3.63, 3.8) is 0 Å². The van der Waals surface area contributed by atoms with E-state index in [2.05, 4.69) is 15.7 Å². The van der Waals surface area contributed by atoms with Crippen molar-refractivity contribution in [2.24, 2.45) is 0 Å². The Morgan fingerprint density at radius 1 is 0.933 bits per heavy atom. The molecule has 2 aromatic carbocycles. The fourth-order valence-electron chi connectivity index (χ4n) is 3.90. The summed E-state index contributed by atoms with van der Waals surface area (Å²) in [5.41, 5.74) is 1.07. The number of carbonyl (C=O) groups is 2. The van der Waals surface area contributed by atoms with E-state index in [9.17, 15) is 14.4 Å². The van der Waals surface area contributed by atoms with Gasteiger partial charge in [-0.1, -0.05) is 49.2 Å². The molecule has 0 aliphatic heterocycles. The molecule has 2 amide bonds. The number of amides is 2. The number of nitrogens with zero attached hydrogens (tertiary/aromatic N) is 2. The molecule has 0 bridgehead atoms. The molecule has 4 rings (SSSR count). The van der Waals surface area contributed by atoms with E-state index < -0.39 is 0 Å². The van der Waals surface area contributed by atoms with Crippen molar-refractivity contribution in [2.75, 3.05) is 6.54 Å². The maximum Gasteiger partial charge on any atom is 0.274 e. The maximum atomic E-state index is 12.9. The zero-order valence-electron chi connectivity index (χ0n) is 16.6. The second-order valence-electron chi connectivity index (χ2n) is 7.51. The lowest BCUT2D eigenvalue weighted by Gasteiger charge is -2.16. The highest BCUT2D eigenvalue weighted by Gasteiger charge is 2.21. The second-order valence-corrected chi connectivity index (χ2v) is 7.51. The number of hydrogen-bond acceptors (Lipinski definition) is 4. The fourth-order valence-corrected chi connectivity index (χ4v) is 3.90. The molecule has 3 aromatic rings. The van der Waals surface area contributed by atoms with Crippen molar-refractivity contribution in [1.29, 1.82) is 0 Å². The molecule has 2 N–H and O–H groups in total. The lowest BCUT2D eigenvalue weighted by atomic mass is 10.1. The molecule has 0 spiro atoms. The molecule has 154 valence electrons. The van der Waals surface area contributed by atoms with E-state index in [4.69, 9.17) is 0 Å². The summed E-state index contributed by atoms with van der Waals surface area (Å²) < 4.78 is 1.59. The highest BCUT2D eigenvalue weighted by molar-refractivity contribution is 5.96. The molecule has 0 radical (unpaired) electrons. The van der Waals surface area contributed by atoms with E-state index >= 15 is 0 Å². The third-order valence-electron chi connectivity index (χ3n) is 5.47. The van der Waals surface area contributed by atoms with Crippen LogP contribution in [-0.2, 0) is 11.3 Å². The zero-order chi connectivity index (χ0) is 20.9. The Balaban J connectivity index is 1.47. The van der Waals surface area contributed by atoms with E-state index in [0.717, 1.165) is 31.1 Å². The molecule has 7 nitrogen and oxygen atoms in total. The molecule has 1 aromatic heterocycles. The van der Waals surface area contributed by atoms with Gasteiger partial charge in [-0.25, -0.2) is 4.68 Å². The summed E-state index contributed by atoms with van der Waals surface area (Å²) in [4.78, 5) is 37.2. The van der Waals surface area contributed by atoms with Crippen LogP contribution in [0.25, 0.3) is 10.8 Å². The van der Waals surface area contributed by atoms with Crippen LogP contribution in [0.5, 0.6) is 0 Å². The minimum atomic E-state index is -0.316. The highest BCUT2D eigenvalue weighted by atomic mass is 16.2. The normalized spacial score (nSPS) is 14.0. The van der Waals surface area contributed by atoms with Gasteiger partial charge in [0.2, 0.25) is 5.91 Å². The molecular formula is C23H24N4O3. The van der Waals surface area contributed by atoms with Crippen LogP contribution in [0.1, 0.15) is 47.8 Å². The SMILES string of the molecule is O=C(CNC(=O)c1ccccc1)NCc1nn(C2CCCC2)c(=O)c2ccccc12. The third-order valence-corrected chi connectivity index (χ3v) is 5.47. The van der Waals surface area contributed by atoms with Crippen LogP contribution in [0.4, 0.5) is 0 Å². The summed E-state index contributed by atoms with van der Waals surface area (Å²) in [6.07, 6.45) is 4.09. The minimum absolute atomic E-state index is 0.0808. The Kier molecular flexibility index (Phi) is 5.88. The summed E-state index contributed by atoms with van der Waals surface area (Å²) in [5, 5.41) is 11.4. The Morgan fingerprint density at radius 3 is 2.33 bits per heavy atom. The summed E-state index contributed by atoms with van der Waals surface area (Å²) in [6.45, 7) is 0.0570. The number of rotatable bonds is 6. The van der Waals surface area contributed by atoms with Gasteiger partial charge in [-0.3, -0.25) is 14.4 Å². The van der Waals surface area contributed by atoms with E-state index in [1.54, 1.807) is 35.0 Å². The Morgan fingerprint density at radius 2 is 1.60 bits per heavy atom. The average molecular weight is 404 g/mol. The van der Waals surface area contributed by atoms with Crippen molar-refractivity contribution in [3.8, 4) is 0 Å². The molecule has 1 heterocycles. The largest absolute Gasteiger partial charge is 0.349 e. The van der Waals surface area contributed by atoms with E-state index in [1.165, 1.54) is 0 Å². The number of hydrogen-bond donors (Lipinski definition) is 2. The van der Waals surface area contributed by atoms with E-state index in [1.807, 2.05) is 24.3 Å². The van der Waals surface area contributed by atoms with Crippen LogP contribution < -0.4 is 16.2 Å². The van der Waals surface area contributed by atoms with Crippen molar-refractivity contribution in [2.45, 2.75) is 38.3 Å². The van der Waals surface area contributed by atoms with Gasteiger partial charge >= 0.3 is 0 Å². The van der Waals surface area contributed by atoms with Gasteiger partial charge < -0.3 is 10.6 Å². The summed E-state index contributed by atoms with van der Waals surface area (Å²) in [7, 11) is 0. The molecule has 0 unspecified atom stereocenters. The second kappa shape index (κ2) is 8.90. The lowest BCUT2D eigenvalue weighted by Crippen LogP contribution is -2.37. The molecule has 1 aliphatic rings. The Labute approximate surface area is 174 Å². The van der Waals surface area contributed by atoms with Gasteiger partial charge in [-0.2, -0.15) is 5.10 Å². The highest BCUT2D eigenvalue weighted by Crippen LogP contribution is 2.28. The predicted molar refractivity (Wildman–Crippen MR) is 114 cm³/mol.